The Hall–Kier alpha value is -2.34. The number of carboxylic acids is 1. The van der Waals surface area contributed by atoms with Gasteiger partial charge in [-0.05, 0) is 46.5 Å². The number of aryl methyl sites for hydroxylation is 1. The highest BCUT2D eigenvalue weighted by molar-refractivity contribution is 5.95. The second-order valence-electron chi connectivity index (χ2n) is 6.43. The molecule has 6 nitrogen and oxygen atoms in total. The van der Waals surface area contributed by atoms with Crippen LogP contribution >= 0.6 is 0 Å². The fourth-order valence-electron chi connectivity index (χ4n) is 2.63. The summed E-state index contributed by atoms with van der Waals surface area (Å²) in [6.07, 6.45) is 1.41. The number of fused-ring (bicyclic) bond motifs is 1. The Bertz CT molecular complexity index is 822. The molecule has 0 atom stereocenters. The van der Waals surface area contributed by atoms with Crippen LogP contribution in [0.4, 0.5) is 0 Å². The van der Waals surface area contributed by atoms with Crippen molar-refractivity contribution in [3.63, 3.8) is 0 Å². The van der Waals surface area contributed by atoms with E-state index in [-0.39, 0.29) is 11.6 Å². The standard InChI is InChI=1S/C18H24N2O4/c1-11(2)20-10-13(18(22)23)17(21)15-12(3)6-7-14(16(15)20)24-9-8-19(4)5/h6-7,10-11H,8-9H2,1-5H3,(H,22,23). The van der Waals surface area contributed by atoms with Crippen LogP contribution in [-0.2, 0) is 0 Å². The molecule has 1 aromatic heterocycles. The van der Waals surface area contributed by atoms with E-state index in [1.807, 2.05) is 45.8 Å². The van der Waals surface area contributed by atoms with Crippen molar-refractivity contribution in [2.45, 2.75) is 26.8 Å². The molecule has 0 saturated heterocycles. The van der Waals surface area contributed by atoms with Crippen molar-refractivity contribution in [1.82, 2.24) is 9.47 Å². The maximum Gasteiger partial charge on any atom is 0.341 e. The summed E-state index contributed by atoms with van der Waals surface area (Å²) < 4.78 is 7.69. The van der Waals surface area contributed by atoms with E-state index in [2.05, 4.69) is 0 Å². The van der Waals surface area contributed by atoms with E-state index in [1.165, 1.54) is 6.20 Å². The van der Waals surface area contributed by atoms with Gasteiger partial charge in [0.2, 0.25) is 5.43 Å². The van der Waals surface area contributed by atoms with Gasteiger partial charge in [0.25, 0.3) is 0 Å². The van der Waals surface area contributed by atoms with Gasteiger partial charge in [0.15, 0.2) is 0 Å². The Balaban J connectivity index is 2.74. The first kappa shape index (κ1) is 18.0. The monoisotopic (exact) mass is 332 g/mol. The van der Waals surface area contributed by atoms with Gasteiger partial charge in [-0.25, -0.2) is 4.79 Å². The summed E-state index contributed by atoms with van der Waals surface area (Å²) in [4.78, 5) is 26.1. The van der Waals surface area contributed by atoms with Gasteiger partial charge < -0.3 is 19.3 Å². The summed E-state index contributed by atoms with van der Waals surface area (Å²) in [5, 5.41) is 9.75. The Morgan fingerprint density at radius 2 is 2.00 bits per heavy atom. The number of likely N-dealkylation sites (N-methyl/N-ethyl adjacent to an activating group) is 1. The van der Waals surface area contributed by atoms with Crippen LogP contribution in [0.3, 0.4) is 0 Å². The normalized spacial score (nSPS) is 11.5. The van der Waals surface area contributed by atoms with Gasteiger partial charge in [-0.2, -0.15) is 0 Å². The molecule has 0 bridgehead atoms. The number of ether oxygens (including phenoxy) is 1. The number of carbonyl (C=O) groups is 1. The average Bonchev–Trinajstić information content (AvgIpc) is 2.48. The van der Waals surface area contributed by atoms with Crippen LogP contribution in [0.2, 0.25) is 0 Å². The first-order chi connectivity index (χ1) is 11.2. The van der Waals surface area contributed by atoms with E-state index in [1.54, 1.807) is 10.6 Å². The fourth-order valence-corrected chi connectivity index (χ4v) is 2.63. The molecule has 24 heavy (non-hydrogen) atoms. The first-order valence-electron chi connectivity index (χ1n) is 7.93. The number of aromatic carboxylic acids is 1. The van der Waals surface area contributed by atoms with Crippen LogP contribution in [0.5, 0.6) is 5.75 Å². The molecule has 0 spiro atoms. The average molecular weight is 332 g/mol. The molecule has 6 heteroatoms. The van der Waals surface area contributed by atoms with Crippen molar-refractivity contribution in [3.05, 3.63) is 39.7 Å². The third kappa shape index (κ3) is 3.43. The lowest BCUT2D eigenvalue weighted by Crippen LogP contribution is -2.22. The van der Waals surface area contributed by atoms with Crippen LogP contribution in [-0.4, -0.2) is 47.8 Å². The van der Waals surface area contributed by atoms with Gasteiger partial charge in [0, 0.05) is 18.8 Å². The molecule has 2 rings (SSSR count). The molecule has 0 fully saturated rings. The molecule has 0 aliphatic rings. The molecule has 0 saturated carbocycles. The first-order valence-corrected chi connectivity index (χ1v) is 7.93. The largest absolute Gasteiger partial charge is 0.490 e. The van der Waals surface area contributed by atoms with Crippen molar-refractivity contribution in [1.29, 1.82) is 0 Å². The minimum absolute atomic E-state index is 0.0100. The number of nitrogens with zero attached hydrogens (tertiary/aromatic N) is 2. The number of pyridine rings is 1. The fraction of sp³-hybridized carbons (Fsp3) is 0.444. The van der Waals surface area contributed by atoms with Crippen molar-refractivity contribution < 1.29 is 14.6 Å². The quantitative estimate of drug-likeness (QED) is 0.880. The molecule has 0 radical (unpaired) electrons. The molecule has 0 aliphatic heterocycles. The van der Waals surface area contributed by atoms with E-state index < -0.39 is 11.4 Å². The smallest absolute Gasteiger partial charge is 0.341 e. The SMILES string of the molecule is Cc1ccc(OCCN(C)C)c2c1c(=O)c(C(=O)O)cn2C(C)C. The number of hydrogen-bond donors (Lipinski definition) is 1. The Kier molecular flexibility index (Phi) is 5.29. The third-order valence-electron chi connectivity index (χ3n) is 3.93. The van der Waals surface area contributed by atoms with Gasteiger partial charge in [-0.3, -0.25) is 4.79 Å². The number of benzene rings is 1. The number of rotatable bonds is 6. The Labute approximate surface area is 141 Å². The summed E-state index contributed by atoms with van der Waals surface area (Å²) in [7, 11) is 3.92. The second-order valence-corrected chi connectivity index (χ2v) is 6.43. The van der Waals surface area contributed by atoms with E-state index in [0.29, 0.717) is 23.3 Å². The maximum absolute atomic E-state index is 12.6. The zero-order valence-corrected chi connectivity index (χ0v) is 14.8. The Morgan fingerprint density at radius 1 is 1.33 bits per heavy atom. The topological polar surface area (TPSA) is 71.8 Å². The van der Waals surface area contributed by atoms with Gasteiger partial charge in [0.1, 0.15) is 17.9 Å². The van der Waals surface area contributed by atoms with Crippen molar-refractivity contribution >= 4 is 16.9 Å². The van der Waals surface area contributed by atoms with E-state index >= 15 is 0 Å². The van der Waals surface area contributed by atoms with Gasteiger partial charge in [0.05, 0.1) is 10.9 Å². The summed E-state index contributed by atoms with van der Waals surface area (Å²) in [6.45, 7) is 6.93. The lowest BCUT2D eigenvalue weighted by Gasteiger charge is -2.20. The lowest BCUT2D eigenvalue weighted by molar-refractivity contribution is 0.0694. The zero-order valence-electron chi connectivity index (χ0n) is 14.8. The van der Waals surface area contributed by atoms with Crippen LogP contribution in [0.15, 0.2) is 23.1 Å². The van der Waals surface area contributed by atoms with Crippen LogP contribution in [0.1, 0.15) is 35.8 Å². The van der Waals surface area contributed by atoms with E-state index in [4.69, 9.17) is 4.74 Å². The predicted octanol–water partition coefficient (Wildman–Crippen LogP) is 2.53. The van der Waals surface area contributed by atoms with Crippen molar-refractivity contribution in [2.75, 3.05) is 27.2 Å². The predicted molar refractivity (Wildman–Crippen MR) is 94.3 cm³/mol. The van der Waals surface area contributed by atoms with Crippen molar-refractivity contribution in [3.8, 4) is 5.75 Å². The molecule has 0 amide bonds. The van der Waals surface area contributed by atoms with Gasteiger partial charge in [-0.1, -0.05) is 6.07 Å². The zero-order chi connectivity index (χ0) is 18.0. The molecule has 2 aromatic rings. The van der Waals surface area contributed by atoms with E-state index in [9.17, 15) is 14.7 Å². The molecule has 1 heterocycles. The van der Waals surface area contributed by atoms with Crippen LogP contribution in [0.25, 0.3) is 10.9 Å². The molecule has 130 valence electrons. The summed E-state index contributed by atoms with van der Waals surface area (Å²) in [6, 6.07) is 3.63. The lowest BCUT2D eigenvalue weighted by atomic mass is 10.0. The minimum Gasteiger partial charge on any atom is -0.490 e. The van der Waals surface area contributed by atoms with Crippen LogP contribution < -0.4 is 10.2 Å². The highest BCUT2D eigenvalue weighted by Gasteiger charge is 2.20. The second kappa shape index (κ2) is 7.05. The molecule has 1 N–H and O–H groups in total. The summed E-state index contributed by atoms with van der Waals surface area (Å²) >= 11 is 0. The molecular formula is C18H24N2O4. The molecular weight excluding hydrogens is 308 g/mol. The highest BCUT2D eigenvalue weighted by Crippen LogP contribution is 2.29. The molecule has 1 aromatic carbocycles. The van der Waals surface area contributed by atoms with Crippen LogP contribution in [0, 0.1) is 6.92 Å². The number of carboxylic acid groups (broad SMARTS) is 1. The van der Waals surface area contributed by atoms with Gasteiger partial charge >= 0.3 is 5.97 Å². The third-order valence-corrected chi connectivity index (χ3v) is 3.93. The summed E-state index contributed by atoms with van der Waals surface area (Å²) in [5.41, 5.74) is 0.709. The van der Waals surface area contributed by atoms with E-state index in [0.717, 1.165) is 12.1 Å². The number of aromatic nitrogens is 1. The summed E-state index contributed by atoms with van der Waals surface area (Å²) in [5.74, 6) is -0.616. The Morgan fingerprint density at radius 3 is 2.54 bits per heavy atom. The highest BCUT2D eigenvalue weighted by atomic mass is 16.5. The van der Waals surface area contributed by atoms with Crippen molar-refractivity contribution in [2.24, 2.45) is 0 Å². The molecule has 0 unspecified atom stereocenters. The van der Waals surface area contributed by atoms with Gasteiger partial charge in [-0.15, -0.1) is 0 Å². The number of hydrogen-bond acceptors (Lipinski definition) is 4. The minimum atomic E-state index is -1.21. The maximum atomic E-state index is 12.6. The molecule has 0 aliphatic carbocycles.